The second-order valence-corrected chi connectivity index (χ2v) is 6.01. The molecule has 0 heterocycles. The van der Waals surface area contributed by atoms with E-state index in [1.54, 1.807) is 12.1 Å². The quantitative estimate of drug-likeness (QED) is 0.715. The second kappa shape index (κ2) is 5.51. The fraction of sp³-hybridized carbons (Fsp3) is 0.533. The smallest absolute Gasteiger partial charge is 0.319 e. The van der Waals surface area contributed by atoms with Gasteiger partial charge in [-0.1, -0.05) is 32.8 Å². The van der Waals surface area contributed by atoms with Gasteiger partial charge in [-0.15, -0.1) is 0 Å². The highest BCUT2D eigenvalue weighted by molar-refractivity contribution is 5.90. The van der Waals surface area contributed by atoms with E-state index in [0.717, 1.165) is 18.5 Å². The lowest BCUT2D eigenvalue weighted by molar-refractivity contribution is 0.170. The number of benzene rings is 1. The second-order valence-electron chi connectivity index (χ2n) is 6.01. The van der Waals surface area contributed by atoms with Crippen molar-refractivity contribution in [2.45, 2.75) is 45.6 Å². The monoisotopic (exact) mass is 261 g/mol. The maximum absolute atomic E-state index is 12.0. The predicted molar refractivity (Wildman–Crippen MR) is 79.0 cm³/mol. The molecular formula is C15H23N3O. The predicted octanol–water partition coefficient (Wildman–Crippen LogP) is 3.36. The lowest BCUT2D eigenvalue weighted by atomic mass is 9.73. The van der Waals surface area contributed by atoms with Crippen LogP contribution in [0.3, 0.4) is 0 Å². The topological polar surface area (TPSA) is 67.2 Å². The van der Waals surface area contributed by atoms with Gasteiger partial charge >= 0.3 is 6.03 Å². The summed E-state index contributed by atoms with van der Waals surface area (Å²) >= 11 is 0. The molecule has 1 aromatic carbocycles. The van der Waals surface area contributed by atoms with Crippen LogP contribution in [0.15, 0.2) is 24.3 Å². The van der Waals surface area contributed by atoms with Crippen LogP contribution >= 0.6 is 0 Å². The summed E-state index contributed by atoms with van der Waals surface area (Å²) in [6, 6.07) is 7.31. The van der Waals surface area contributed by atoms with Crippen molar-refractivity contribution in [2.75, 3.05) is 11.1 Å². The van der Waals surface area contributed by atoms with E-state index in [-0.39, 0.29) is 17.5 Å². The molecule has 0 bridgehead atoms. The molecule has 1 fully saturated rings. The number of nitrogens with one attached hydrogen (secondary N) is 2. The summed E-state index contributed by atoms with van der Waals surface area (Å²) < 4.78 is 0. The molecule has 1 aliphatic rings. The molecule has 1 unspecified atom stereocenters. The standard InChI is InChI=1S/C15H23N3O/c1-15(2)9-4-3-8-13(15)18-14(19)17-12-7-5-6-11(16)10-12/h5-7,10,13H,3-4,8-9,16H2,1-2H3,(H2,17,18,19). The van der Waals surface area contributed by atoms with E-state index >= 15 is 0 Å². The highest BCUT2D eigenvalue weighted by Gasteiger charge is 2.33. The van der Waals surface area contributed by atoms with Gasteiger partial charge in [-0.25, -0.2) is 4.79 Å². The van der Waals surface area contributed by atoms with Crippen LogP contribution in [0.5, 0.6) is 0 Å². The third-order valence-corrected chi connectivity index (χ3v) is 3.96. The highest BCUT2D eigenvalue weighted by atomic mass is 16.2. The Morgan fingerprint density at radius 3 is 2.84 bits per heavy atom. The van der Waals surface area contributed by atoms with Gasteiger partial charge in [-0.2, -0.15) is 0 Å². The summed E-state index contributed by atoms with van der Waals surface area (Å²) in [5.41, 5.74) is 7.24. The number of nitrogen functional groups attached to an aromatic ring is 1. The van der Waals surface area contributed by atoms with E-state index in [4.69, 9.17) is 5.73 Å². The van der Waals surface area contributed by atoms with Crippen molar-refractivity contribution in [1.29, 1.82) is 0 Å². The number of amides is 2. The normalized spacial score (nSPS) is 21.7. The van der Waals surface area contributed by atoms with Crippen molar-refractivity contribution < 1.29 is 4.79 Å². The van der Waals surface area contributed by atoms with Gasteiger partial charge in [0.2, 0.25) is 0 Å². The van der Waals surface area contributed by atoms with Gasteiger partial charge in [0.05, 0.1) is 0 Å². The van der Waals surface area contributed by atoms with E-state index in [9.17, 15) is 4.79 Å². The molecule has 1 aromatic rings. The first-order valence-corrected chi connectivity index (χ1v) is 6.90. The Bertz CT molecular complexity index is 456. The van der Waals surface area contributed by atoms with Crippen LogP contribution in [-0.2, 0) is 0 Å². The summed E-state index contributed by atoms with van der Waals surface area (Å²) in [5, 5.41) is 5.92. The van der Waals surface area contributed by atoms with Crippen molar-refractivity contribution in [3.8, 4) is 0 Å². The van der Waals surface area contributed by atoms with E-state index in [2.05, 4.69) is 24.5 Å². The fourth-order valence-corrected chi connectivity index (χ4v) is 2.70. The lowest BCUT2D eigenvalue weighted by Gasteiger charge is -2.38. The number of carbonyl (C=O) groups excluding carboxylic acids is 1. The van der Waals surface area contributed by atoms with E-state index in [1.165, 1.54) is 12.8 Å². The molecule has 2 rings (SSSR count). The Morgan fingerprint density at radius 1 is 1.37 bits per heavy atom. The maximum atomic E-state index is 12.0. The highest BCUT2D eigenvalue weighted by Crippen LogP contribution is 2.35. The van der Waals surface area contributed by atoms with Crippen molar-refractivity contribution in [1.82, 2.24) is 5.32 Å². The van der Waals surface area contributed by atoms with E-state index in [1.807, 2.05) is 12.1 Å². The Balaban J connectivity index is 1.94. The lowest BCUT2D eigenvalue weighted by Crippen LogP contribution is -2.48. The molecule has 0 saturated heterocycles. The molecule has 0 radical (unpaired) electrons. The van der Waals surface area contributed by atoms with Gasteiger partial charge in [-0.3, -0.25) is 0 Å². The molecule has 0 aromatic heterocycles. The Labute approximate surface area is 114 Å². The molecular weight excluding hydrogens is 238 g/mol. The first kappa shape index (κ1) is 13.7. The Hall–Kier alpha value is -1.71. The first-order chi connectivity index (χ1) is 8.97. The Morgan fingerprint density at radius 2 is 2.16 bits per heavy atom. The van der Waals surface area contributed by atoms with Gasteiger partial charge in [0.1, 0.15) is 0 Å². The SMILES string of the molecule is CC1(C)CCCCC1NC(=O)Nc1cccc(N)c1. The van der Waals surface area contributed by atoms with Crippen molar-refractivity contribution in [3.63, 3.8) is 0 Å². The van der Waals surface area contributed by atoms with Crippen LogP contribution in [0, 0.1) is 5.41 Å². The number of carbonyl (C=O) groups is 1. The number of hydrogen-bond donors (Lipinski definition) is 3. The van der Waals surface area contributed by atoms with Crippen molar-refractivity contribution >= 4 is 17.4 Å². The number of hydrogen-bond acceptors (Lipinski definition) is 2. The zero-order chi connectivity index (χ0) is 13.9. The van der Waals surface area contributed by atoms with E-state index < -0.39 is 0 Å². The van der Waals surface area contributed by atoms with Crippen LogP contribution in [0.4, 0.5) is 16.2 Å². The zero-order valence-electron chi connectivity index (χ0n) is 11.7. The van der Waals surface area contributed by atoms with Gasteiger partial charge in [-0.05, 0) is 36.5 Å². The molecule has 1 atom stereocenters. The molecule has 19 heavy (non-hydrogen) atoms. The third kappa shape index (κ3) is 3.63. The van der Waals surface area contributed by atoms with Crippen LogP contribution in [0.2, 0.25) is 0 Å². The third-order valence-electron chi connectivity index (χ3n) is 3.96. The van der Waals surface area contributed by atoms with Crippen LogP contribution in [-0.4, -0.2) is 12.1 Å². The molecule has 4 heteroatoms. The zero-order valence-corrected chi connectivity index (χ0v) is 11.7. The van der Waals surface area contributed by atoms with Crippen molar-refractivity contribution in [2.24, 2.45) is 5.41 Å². The molecule has 104 valence electrons. The van der Waals surface area contributed by atoms with Gasteiger partial charge in [0.25, 0.3) is 0 Å². The molecule has 1 aliphatic carbocycles. The average Bonchev–Trinajstić information content (AvgIpc) is 2.32. The molecule has 0 aliphatic heterocycles. The van der Waals surface area contributed by atoms with Crippen LogP contribution in [0.25, 0.3) is 0 Å². The fourth-order valence-electron chi connectivity index (χ4n) is 2.70. The van der Waals surface area contributed by atoms with Crippen molar-refractivity contribution in [3.05, 3.63) is 24.3 Å². The number of urea groups is 1. The minimum atomic E-state index is -0.148. The summed E-state index contributed by atoms with van der Waals surface area (Å²) in [6.45, 7) is 4.44. The summed E-state index contributed by atoms with van der Waals surface area (Å²) in [5.74, 6) is 0. The molecule has 1 saturated carbocycles. The van der Waals surface area contributed by atoms with Crippen LogP contribution in [0.1, 0.15) is 39.5 Å². The van der Waals surface area contributed by atoms with E-state index in [0.29, 0.717) is 5.69 Å². The summed E-state index contributed by atoms with van der Waals surface area (Å²) in [4.78, 5) is 12.0. The number of nitrogens with two attached hydrogens (primary N) is 1. The average molecular weight is 261 g/mol. The Kier molecular flexibility index (Phi) is 3.98. The van der Waals surface area contributed by atoms with Gasteiger partial charge in [0, 0.05) is 17.4 Å². The van der Waals surface area contributed by atoms with Gasteiger partial charge < -0.3 is 16.4 Å². The summed E-state index contributed by atoms with van der Waals surface area (Å²) in [7, 11) is 0. The molecule has 0 spiro atoms. The summed E-state index contributed by atoms with van der Waals surface area (Å²) in [6.07, 6.45) is 4.66. The number of anilines is 2. The molecule has 4 nitrogen and oxygen atoms in total. The molecule has 2 amide bonds. The minimum Gasteiger partial charge on any atom is -0.399 e. The maximum Gasteiger partial charge on any atom is 0.319 e. The minimum absolute atomic E-state index is 0.148. The molecule has 4 N–H and O–H groups in total. The largest absolute Gasteiger partial charge is 0.399 e. The van der Waals surface area contributed by atoms with Crippen LogP contribution < -0.4 is 16.4 Å². The number of rotatable bonds is 2. The first-order valence-electron chi connectivity index (χ1n) is 6.90. The van der Waals surface area contributed by atoms with Gasteiger partial charge in [0.15, 0.2) is 0 Å².